The van der Waals surface area contributed by atoms with Crippen LogP contribution in [-0.2, 0) is 14.3 Å². The lowest BCUT2D eigenvalue weighted by atomic mass is 9.98. The van der Waals surface area contributed by atoms with Gasteiger partial charge in [-0.25, -0.2) is 4.79 Å². The van der Waals surface area contributed by atoms with Crippen LogP contribution >= 0.6 is 0 Å². The van der Waals surface area contributed by atoms with E-state index in [1.807, 2.05) is 25.1 Å². The summed E-state index contributed by atoms with van der Waals surface area (Å²) in [5, 5.41) is 2.60. The molecule has 154 valence electrons. The number of amides is 2. The van der Waals surface area contributed by atoms with E-state index in [1.165, 1.54) is 24.6 Å². The molecular weight excluding hydrogens is 372 g/mol. The first-order chi connectivity index (χ1) is 13.7. The van der Waals surface area contributed by atoms with Crippen molar-refractivity contribution in [3.63, 3.8) is 0 Å². The molecule has 0 saturated heterocycles. The molecule has 0 aromatic heterocycles. The van der Waals surface area contributed by atoms with Gasteiger partial charge in [-0.05, 0) is 67.3 Å². The fourth-order valence-electron chi connectivity index (χ4n) is 2.77. The van der Waals surface area contributed by atoms with E-state index in [0.29, 0.717) is 22.9 Å². The number of nitrogens with two attached hydrogens (primary N) is 1. The average Bonchev–Trinajstić information content (AvgIpc) is 2.66. The monoisotopic (exact) mass is 398 g/mol. The lowest BCUT2D eigenvalue weighted by Gasteiger charge is -2.15. The standard InChI is InChI=1S/C22H26N2O5/c1-13(2)19-10-9-18(11-14(19)3)28-12-20(25)29-15(4)22(27)24-17-7-5-16(6-8-17)21(23)26/h5-11,13,15H,12H2,1-4H3,(H2,23,26)(H,24,27). The molecule has 0 aliphatic carbocycles. The van der Waals surface area contributed by atoms with Gasteiger partial charge in [-0.15, -0.1) is 0 Å². The Kier molecular flexibility index (Phi) is 7.36. The van der Waals surface area contributed by atoms with E-state index >= 15 is 0 Å². The second-order valence-corrected chi connectivity index (χ2v) is 7.02. The Morgan fingerprint density at radius 2 is 1.69 bits per heavy atom. The molecule has 0 spiro atoms. The molecule has 0 saturated carbocycles. The molecule has 1 unspecified atom stereocenters. The largest absolute Gasteiger partial charge is 0.482 e. The molecule has 0 bridgehead atoms. The van der Waals surface area contributed by atoms with Gasteiger partial charge in [0.05, 0.1) is 0 Å². The molecule has 7 nitrogen and oxygen atoms in total. The Bertz CT molecular complexity index is 891. The van der Waals surface area contributed by atoms with Crippen molar-refractivity contribution < 1.29 is 23.9 Å². The summed E-state index contributed by atoms with van der Waals surface area (Å²) in [7, 11) is 0. The molecule has 1 atom stereocenters. The van der Waals surface area contributed by atoms with Crippen LogP contribution in [0.25, 0.3) is 0 Å². The molecule has 29 heavy (non-hydrogen) atoms. The van der Waals surface area contributed by atoms with Gasteiger partial charge in [-0.1, -0.05) is 19.9 Å². The summed E-state index contributed by atoms with van der Waals surface area (Å²) in [5.74, 6) is -0.736. The summed E-state index contributed by atoms with van der Waals surface area (Å²) in [4.78, 5) is 35.2. The second kappa shape index (κ2) is 9.73. The number of benzene rings is 2. The number of hydrogen-bond donors (Lipinski definition) is 2. The molecule has 0 heterocycles. The van der Waals surface area contributed by atoms with Crippen LogP contribution in [0.2, 0.25) is 0 Å². The highest BCUT2D eigenvalue weighted by Gasteiger charge is 2.18. The van der Waals surface area contributed by atoms with Gasteiger partial charge in [0.15, 0.2) is 12.7 Å². The van der Waals surface area contributed by atoms with E-state index < -0.39 is 23.9 Å². The van der Waals surface area contributed by atoms with E-state index in [9.17, 15) is 14.4 Å². The molecule has 0 radical (unpaired) electrons. The number of ether oxygens (including phenoxy) is 2. The summed E-state index contributed by atoms with van der Waals surface area (Å²) >= 11 is 0. The smallest absolute Gasteiger partial charge is 0.344 e. The first kappa shape index (κ1) is 21.9. The quantitative estimate of drug-likeness (QED) is 0.664. The first-order valence-corrected chi connectivity index (χ1v) is 9.31. The summed E-state index contributed by atoms with van der Waals surface area (Å²) in [6, 6.07) is 11.7. The topological polar surface area (TPSA) is 108 Å². The Labute approximate surface area is 170 Å². The van der Waals surface area contributed by atoms with Gasteiger partial charge >= 0.3 is 5.97 Å². The number of anilines is 1. The summed E-state index contributed by atoms with van der Waals surface area (Å²) in [6.45, 7) is 7.37. The van der Waals surface area contributed by atoms with Gasteiger partial charge in [0.25, 0.3) is 5.91 Å². The molecule has 2 aromatic rings. The highest BCUT2D eigenvalue weighted by Crippen LogP contribution is 2.23. The number of nitrogens with one attached hydrogen (secondary N) is 1. The van der Waals surface area contributed by atoms with E-state index in [1.54, 1.807) is 12.1 Å². The molecule has 2 aromatic carbocycles. The Hall–Kier alpha value is -3.35. The maximum absolute atomic E-state index is 12.2. The maximum atomic E-state index is 12.2. The van der Waals surface area contributed by atoms with Gasteiger partial charge in [0.1, 0.15) is 5.75 Å². The third kappa shape index (κ3) is 6.34. The molecule has 0 aliphatic rings. The Morgan fingerprint density at radius 1 is 1.03 bits per heavy atom. The summed E-state index contributed by atoms with van der Waals surface area (Å²) in [6.07, 6.45) is -1.01. The second-order valence-electron chi connectivity index (χ2n) is 7.02. The summed E-state index contributed by atoms with van der Waals surface area (Å²) in [5.41, 5.74) is 8.26. The van der Waals surface area contributed by atoms with Crippen molar-refractivity contribution in [1.29, 1.82) is 0 Å². The van der Waals surface area contributed by atoms with E-state index in [0.717, 1.165) is 5.56 Å². The minimum absolute atomic E-state index is 0.300. The molecule has 0 fully saturated rings. The molecule has 2 rings (SSSR count). The fraction of sp³-hybridized carbons (Fsp3) is 0.318. The van der Waals surface area contributed by atoms with E-state index in [-0.39, 0.29) is 6.61 Å². The number of carbonyl (C=O) groups is 3. The third-order valence-electron chi connectivity index (χ3n) is 4.33. The van der Waals surface area contributed by atoms with Crippen molar-refractivity contribution in [2.75, 3.05) is 11.9 Å². The number of esters is 1. The minimum Gasteiger partial charge on any atom is -0.482 e. The molecular formula is C22H26N2O5. The predicted octanol–water partition coefficient (Wildman–Crippen LogP) is 3.17. The third-order valence-corrected chi connectivity index (χ3v) is 4.33. The van der Waals surface area contributed by atoms with E-state index in [2.05, 4.69) is 19.2 Å². The Morgan fingerprint density at radius 3 is 2.24 bits per heavy atom. The van der Waals surface area contributed by atoms with Gasteiger partial charge in [0.2, 0.25) is 5.91 Å². The minimum atomic E-state index is -1.01. The average molecular weight is 398 g/mol. The van der Waals surface area contributed by atoms with Crippen LogP contribution in [0.3, 0.4) is 0 Å². The van der Waals surface area contributed by atoms with Crippen molar-refractivity contribution in [3.05, 3.63) is 59.2 Å². The van der Waals surface area contributed by atoms with Gasteiger partial charge in [-0.2, -0.15) is 0 Å². The number of aryl methyl sites for hydroxylation is 1. The lowest BCUT2D eigenvalue weighted by molar-refractivity contribution is -0.155. The van der Waals surface area contributed by atoms with E-state index in [4.69, 9.17) is 15.2 Å². The maximum Gasteiger partial charge on any atom is 0.344 e. The zero-order chi connectivity index (χ0) is 21.6. The van der Waals surface area contributed by atoms with Crippen molar-refractivity contribution in [2.24, 2.45) is 5.73 Å². The van der Waals surface area contributed by atoms with Crippen LogP contribution in [-0.4, -0.2) is 30.5 Å². The highest BCUT2D eigenvalue weighted by atomic mass is 16.6. The fourth-order valence-corrected chi connectivity index (χ4v) is 2.77. The van der Waals surface area contributed by atoms with Gasteiger partial charge in [-0.3, -0.25) is 9.59 Å². The number of primary amides is 1. The molecule has 2 amide bonds. The van der Waals surface area contributed by atoms with Crippen LogP contribution in [0.5, 0.6) is 5.75 Å². The zero-order valence-corrected chi connectivity index (χ0v) is 17.0. The zero-order valence-electron chi connectivity index (χ0n) is 17.0. The van der Waals surface area contributed by atoms with Crippen molar-refractivity contribution in [1.82, 2.24) is 0 Å². The Balaban J connectivity index is 1.84. The van der Waals surface area contributed by atoms with Crippen LogP contribution in [0.1, 0.15) is 48.2 Å². The summed E-state index contributed by atoms with van der Waals surface area (Å²) < 4.78 is 10.6. The van der Waals surface area contributed by atoms with Crippen molar-refractivity contribution in [2.45, 2.75) is 39.7 Å². The van der Waals surface area contributed by atoms with Crippen molar-refractivity contribution in [3.8, 4) is 5.75 Å². The molecule has 3 N–H and O–H groups in total. The predicted molar refractivity (Wildman–Crippen MR) is 110 cm³/mol. The lowest BCUT2D eigenvalue weighted by Crippen LogP contribution is -2.31. The van der Waals surface area contributed by atoms with Gasteiger partial charge in [0, 0.05) is 11.3 Å². The highest BCUT2D eigenvalue weighted by molar-refractivity contribution is 5.96. The first-order valence-electron chi connectivity index (χ1n) is 9.31. The normalized spacial score (nSPS) is 11.6. The molecule has 7 heteroatoms. The van der Waals surface area contributed by atoms with Crippen LogP contribution in [0.15, 0.2) is 42.5 Å². The number of rotatable bonds is 8. The number of carbonyl (C=O) groups excluding carboxylic acids is 3. The SMILES string of the molecule is Cc1cc(OCC(=O)OC(C)C(=O)Nc2ccc(C(N)=O)cc2)ccc1C(C)C. The van der Waals surface area contributed by atoms with Gasteiger partial charge < -0.3 is 20.5 Å². The van der Waals surface area contributed by atoms with Crippen LogP contribution < -0.4 is 15.8 Å². The van der Waals surface area contributed by atoms with Crippen LogP contribution in [0.4, 0.5) is 5.69 Å². The number of hydrogen-bond acceptors (Lipinski definition) is 5. The van der Waals surface area contributed by atoms with Crippen LogP contribution in [0, 0.1) is 6.92 Å². The van der Waals surface area contributed by atoms with Crippen molar-refractivity contribution >= 4 is 23.5 Å². The molecule has 0 aliphatic heterocycles.